The lowest BCUT2D eigenvalue weighted by atomic mass is 9.89. The number of thiazole rings is 1. The van der Waals surface area contributed by atoms with Gasteiger partial charge in [-0.15, -0.1) is 5.10 Å². The third kappa shape index (κ3) is 3.28. The van der Waals surface area contributed by atoms with E-state index in [2.05, 4.69) is 69.0 Å². The molecule has 138 valence electrons. The normalized spacial score (nSPS) is 22.8. The molecule has 4 rings (SSSR count). The van der Waals surface area contributed by atoms with Gasteiger partial charge in [0.05, 0.1) is 10.9 Å². The average molecular weight is 435 g/mol. The molecule has 3 heterocycles. The number of aromatic nitrogens is 3. The topological polar surface area (TPSA) is 53.7 Å². The Balaban J connectivity index is 1.82. The Morgan fingerprint density at radius 1 is 1.19 bits per heavy atom. The van der Waals surface area contributed by atoms with Gasteiger partial charge in [0, 0.05) is 17.6 Å². The summed E-state index contributed by atoms with van der Waals surface area (Å²) in [6.07, 6.45) is 1.25. The second-order valence-electron chi connectivity index (χ2n) is 7.50. The van der Waals surface area contributed by atoms with E-state index < -0.39 is 0 Å². The highest BCUT2D eigenvalue weighted by Gasteiger charge is 2.33. The summed E-state index contributed by atoms with van der Waals surface area (Å²) >= 11 is 5.06. The zero-order valence-corrected chi connectivity index (χ0v) is 17.6. The molecule has 26 heavy (non-hydrogen) atoms. The van der Waals surface area contributed by atoms with Crippen LogP contribution >= 0.6 is 27.3 Å². The van der Waals surface area contributed by atoms with E-state index in [-0.39, 0.29) is 11.9 Å². The predicted molar refractivity (Wildman–Crippen MR) is 108 cm³/mol. The van der Waals surface area contributed by atoms with E-state index in [1.165, 1.54) is 23.3 Å². The van der Waals surface area contributed by atoms with Crippen molar-refractivity contribution in [3.05, 3.63) is 45.0 Å². The quantitative estimate of drug-likeness (QED) is 0.652. The molecule has 0 aliphatic carbocycles. The standard InChI is InChI=1S/C19H23BrN4OS/c1-11-8-12(2)10-23(9-11)16(14-4-6-15(20)7-5-14)17-18(25)24-19(26-17)21-13(3)22-24/h4-7,11-12,16,25H,8-10H2,1-3H3. The molecule has 0 spiro atoms. The molecule has 3 atom stereocenters. The smallest absolute Gasteiger partial charge is 0.230 e. The van der Waals surface area contributed by atoms with Crippen LogP contribution < -0.4 is 0 Å². The van der Waals surface area contributed by atoms with Gasteiger partial charge in [0.25, 0.3) is 0 Å². The molecule has 3 aromatic rings. The summed E-state index contributed by atoms with van der Waals surface area (Å²) in [6.45, 7) is 8.52. The lowest BCUT2D eigenvalue weighted by Gasteiger charge is -2.40. The first-order chi connectivity index (χ1) is 12.4. The fraction of sp³-hybridized carbons (Fsp3) is 0.474. The molecule has 0 saturated carbocycles. The van der Waals surface area contributed by atoms with Gasteiger partial charge in [0.15, 0.2) is 0 Å². The van der Waals surface area contributed by atoms with Crippen molar-refractivity contribution in [1.29, 1.82) is 0 Å². The number of aryl methyl sites for hydroxylation is 1. The summed E-state index contributed by atoms with van der Waals surface area (Å²) in [5.74, 6) is 2.18. The lowest BCUT2D eigenvalue weighted by molar-refractivity contribution is 0.112. The highest BCUT2D eigenvalue weighted by Crippen LogP contribution is 2.42. The maximum Gasteiger partial charge on any atom is 0.230 e. The first kappa shape index (κ1) is 17.9. The maximum absolute atomic E-state index is 10.9. The number of piperidine rings is 1. The number of aromatic hydroxyl groups is 1. The molecule has 0 radical (unpaired) electrons. The van der Waals surface area contributed by atoms with Crippen LogP contribution in [0.2, 0.25) is 0 Å². The molecule has 1 aliphatic heterocycles. The van der Waals surface area contributed by atoms with Gasteiger partial charge in [0.2, 0.25) is 10.8 Å². The van der Waals surface area contributed by atoms with E-state index in [0.29, 0.717) is 17.7 Å². The molecule has 5 nitrogen and oxygen atoms in total. The molecule has 2 aromatic heterocycles. The number of fused-ring (bicyclic) bond motifs is 1. The van der Waals surface area contributed by atoms with Gasteiger partial charge < -0.3 is 5.11 Å². The fourth-order valence-electron chi connectivity index (χ4n) is 4.12. The largest absolute Gasteiger partial charge is 0.492 e. The van der Waals surface area contributed by atoms with Gasteiger partial charge in [-0.1, -0.05) is 53.2 Å². The molecule has 0 amide bonds. The van der Waals surface area contributed by atoms with E-state index in [1.807, 2.05) is 6.92 Å². The van der Waals surface area contributed by atoms with Crippen LogP contribution in [0.15, 0.2) is 28.7 Å². The Morgan fingerprint density at radius 3 is 2.46 bits per heavy atom. The molecule has 1 fully saturated rings. The molecule has 1 saturated heterocycles. The first-order valence-corrected chi connectivity index (χ1v) is 10.6. The van der Waals surface area contributed by atoms with Crippen molar-refractivity contribution in [2.45, 2.75) is 33.2 Å². The number of halogens is 1. The molecule has 7 heteroatoms. The number of rotatable bonds is 3. The molecule has 3 unspecified atom stereocenters. The van der Waals surface area contributed by atoms with Crippen LogP contribution in [0, 0.1) is 18.8 Å². The first-order valence-electron chi connectivity index (χ1n) is 8.97. The number of benzene rings is 1. The second-order valence-corrected chi connectivity index (χ2v) is 9.42. The van der Waals surface area contributed by atoms with Gasteiger partial charge >= 0.3 is 0 Å². The van der Waals surface area contributed by atoms with E-state index >= 15 is 0 Å². The minimum Gasteiger partial charge on any atom is -0.492 e. The zero-order chi connectivity index (χ0) is 18.4. The number of likely N-dealkylation sites (tertiary alicyclic amines) is 1. The van der Waals surface area contributed by atoms with Gasteiger partial charge in [0.1, 0.15) is 5.82 Å². The van der Waals surface area contributed by atoms with Crippen LogP contribution in [-0.2, 0) is 0 Å². The Bertz CT molecular complexity index is 910. The van der Waals surface area contributed by atoms with E-state index in [4.69, 9.17) is 0 Å². The highest BCUT2D eigenvalue weighted by molar-refractivity contribution is 9.10. The minimum absolute atomic E-state index is 0.0158. The van der Waals surface area contributed by atoms with Crippen molar-refractivity contribution in [3.8, 4) is 5.88 Å². The lowest BCUT2D eigenvalue weighted by Crippen LogP contribution is -2.41. The summed E-state index contributed by atoms with van der Waals surface area (Å²) in [5.41, 5.74) is 1.19. The number of hydrogen-bond acceptors (Lipinski definition) is 5. The molecule has 1 aromatic carbocycles. The molecule has 0 bridgehead atoms. The summed E-state index contributed by atoms with van der Waals surface area (Å²) in [5, 5.41) is 15.2. The SMILES string of the molecule is Cc1nc2sc(C(c3ccc(Br)cc3)N3CC(C)CC(C)C3)c(O)n2n1. The van der Waals surface area contributed by atoms with Crippen LogP contribution in [0.5, 0.6) is 5.88 Å². The van der Waals surface area contributed by atoms with Crippen LogP contribution in [-0.4, -0.2) is 37.7 Å². The molecular weight excluding hydrogens is 412 g/mol. The molecular formula is C19H23BrN4OS. The van der Waals surface area contributed by atoms with Crippen molar-refractivity contribution in [1.82, 2.24) is 19.5 Å². The maximum atomic E-state index is 10.9. The van der Waals surface area contributed by atoms with Crippen LogP contribution in [0.25, 0.3) is 4.96 Å². The van der Waals surface area contributed by atoms with Gasteiger partial charge in [-0.2, -0.15) is 4.52 Å². The monoisotopic (exact) mass is 434 g/mol. The summed E-state index contributed by atoms with van der Waals surface area (Å²) in [6, 6.07) is 8.43. The van der Waals surface area contributed by atoms with Gasteiger partial charge in [-0.05, 0) is 42.9 Å². The highest BCUT2D eigenvalue weighted by atomic mass is 79.9. The second kappa shape index (κ2) is 6.94. The molecule has 1 N–H and O–H groups in total. The summed E-state index contributed by atoms with van der Waals surface area (Å²) in [4.78, 5) is 8.61. The van der Waals surface area contributed by atoms with E-state index in [9.17, 15) is 5.11 Å². The van der Waals surface area contributed by atoms with Crippen LogP contribution in [0.1, 0.15) is 42.6 Å². The Kier molecular flexibility index (Phi) is 4.79. The van der Waals surface area contributed by atoms with Crippen molar-refractivity contribution >= 4 is 32.2 Å². The minimum atomic E-state index is 0.0158. The van der Waals surface area contributed by atoms with Gasteiger partial charge in [-0.25, -0.2) is 4.98 Å². The number of hydrogen-bond donors (Lipinski definition) is 1. The summed E-state index contributed by atoms with van der Waals surface area (Å²) in [7, 11) is 0. The van der Waals surface area contributed by atoms with Crippen LogP contribution in [0.3, 0.4) is 0 Å². The third-order valence-corrected chi connectivity index (χ3v) is 6.60. The molecule has 1 aliphatic rings. The predicted octanol–water partition coefficient (Wildman–Crippen LogP) is 4.63. The van der Waals surface area contributed by atoms with Crippen LogP contribution in [0.4, 0.5) is 0 Å². The summed E-state index contributed by atoms with van der Waals surface area (Å²) < 4.78 is 2.63. The fourth-order valence-corrected chi connectivity index (χ4v) is 5.55. The van der Waals surface area contributed by atoms with Crippen molar-refractivity contribution in [2.75, 3.05) is 13.1 Å². The third-order valence-electron chi connectivity index (χ3n) is 5.00. The van der Waals surface area contributed by atoms with Crippen molar-refractivity contribution in [3.63, 3.8) is 0 Å². The number of nitrogens with zero attached hydrogens (tertiary/aromatic N) is 4. The van der Waals surface area contributed by atoms with Gasteiger partial charge in [-0.3, -0.25) is 4.90 Å². The van der Waals surface area contributed by atoms with E-state index in [0.717, 1.165) is 27.4 Å². The Morgan fingerprint density at radius 2 is 1.85 bits per heavy atom. The van der Waals surface area contributed by atoms with Crippen molar-refractivity contribution < 1.29 is 5.11 Å². The Labute approximate surface area is 165 Å². The van der Waals surface area contributed by atoms with E-state index in [1.54, 1.807) is 4.52 Å². The zero-order valence-electron chi connectivity index (χ0n) is 15.2. The Hall–Kier alpha value is -1.44. The average Bonchev–Trinajstić information content (AvgIpc) is 3.07. The van der Waals surface area contributed by atoms with Crippen molar-refractivity contribution in [2.24, 2.45) is 11.8 Å².